The van der Waals surface area contributed by atoms with Crippen LogP contribution in [-0.2, 0) is 0 Å². The van der Waals surface area contributed by atoms with Crippen molar-refractivity contribution in [1.82, 2.24) is 9.78 Å². The van der Waals surface area contributed by atoms with E-state index in [2.05, 4.69) is 21.0 Å². The van der Waals surface area contributed by atoms with Crippen LogP contribution in [0.1, 0.15) is 21.7 Å². The van der Waals surface area contributed by atoms with E-state index in [9.17, 15) is 9.90 Å². The summed E-state index contributed by atoms with van der Waals surface area (Å²) in [5.41, 5.74) is 2.06. The summed E-state index contributed by atoms with van der Waals surface area (Å²) in [5, 5.41) is 14.6. The number of hydrogen-bond donors (Lipinski definition) is 1. The Morgan fingerprint density at radius 1 is 1.35 bits per heavy atom. The third-order valence-electron chi connectivity index (χ3n) is 3.37. The molecule has 1 aromatic heterocycles. The van der Waals surface area contributed by atoms with Crippen LogP contribution in [0.5, 0.6) is 0 Å². The van der Waals surface area contributed by atoms with Crippen LogP contribution in [0.4, 0.5) is 0 Å². The Bertz CT molecular complexity index is 890. The van der Waals surface area contributed by atoms with Crippen LogP contribution in [-0.4, -0.2) is 35.8 Å². The third kappa shape index (κ3) is 3.14. The molecule has 0 unspecified atom stereocenters. The number of halogens is 3. The normalized spacial score (nSPS) is 15.7. The summed E-state index contributed by atoms with van der Waals surface area (Å²) in [5.74, 6) is -1.06. The molecule has 0 spiro atoms. The number of benzene rings is 1. The first-order chi connectivity index (χ1) is 10.9. The average Bonchev–Trinajstić information content (AvgIpc) is 3.02. The predicted molar refractivity (Wildman–Crippen MR) is 98.8 cm³/mol. The van der Waals surface area contributed by atoms with Gasteiger partial charge in [0, 0.05) is 0 Å². The van der Waals surface area contributed by atoms with E-state index in [4.69, 9.17) is 23.2 Å². The number of nitrogens with zero attached hydrogens (tertiary/aromatic N) is 2. The summed E-state index contributed by atoms with van der Waals surface area (Å²) in [7, 11) is 0. The molecule has 0 amide bonds. The van der Waals surface area contributed by atoms with Gasteiger partial charge in [-0.25, -0.2) is 0 Å². The average molecular weight is 481 g/mol. The van der Waals surface area contributed by atoms with Gasteiger partial charge in [0.2, 0.25) is 0 Å². The Morgan fingerprint density at radius 3 is 2.65 bits per heavy atom. The van der Waals surface area contributed by atoms with Gasteiger partial charge in [-0.2, -0.15) is 0 Å². The van der Waals surface area contributed by atoms with Crippen molar-refractivity contribution in [2.45, 2.75) is 6.92 Å². The molecule has 8 heteroatoms. The van der Waals surface area contributed by atoms with E-state index in [-0.39, 0.29) is 5.69 Å². The topological polar surface area (TPSA) is 55.1 Å². The van der Waals surface area contributed by atoms with Gasteiger partial charge in [-0.15, -0.1) is 0 Å². The van der Waals surface area contributed by atoms with Crippen molar-refractivity contribution in [2.75, 3.05) is 0 Å². The zero-order chi connectivity index (χ0) is 16.7. The fraction of sp³-hybridized carbons (Fsp3) is 0.0667. The standard InChI is InChI=1S/C15H11BrCl2N2O2Se/c1-7-13(15(21)22)19-20(10-3-2-8(17)6-9(10)18)14(7)11-4-5-12(16)23-11/h2-6H,23H2,1H3,(H,21,22). The molecule has 120 valence electrons. The summed E-state index contributed by atoms with van der Waals surface area (Å²) in [6.45, 7) is 1.77. The van der Waals surface area contributed by atoms with Gasteiger partial charge in [0.25, 0.3) is 0 Å². The van der Waals surface area contributed by atoms with Crippen LogP contribution in [0.2, 0.25) is 10.0 Å². The Labute approximate surface area is 157 Å². The molecule has 0 fully saturated rings. The number of carboxylic acids is 1. The van der Waals surface area contributed by atoms with Crippen molar-refractivity contribution in [2.24, 2.45) is 0 Å². The Kier molecular flexibility index (Phi) is 4.72. The second-order valence-corrected chi connectivity index (χ2v) is 10.9. The number of aromatic nitrogens is 2. The number of aromatic carboxylic acids is 1. The molecule has 23 heavy (non-hydrogen) atoms. The molecular formula is C15H11BrCl2N2O2Se. The van der Waals surface area contributed by atoms with Gasteiger partial charge in [0.05, 0.1) is 0 Å². The van der Waals surface area contributed by atoms with Crippen molar-refractivity contribution >= 4 is 64.5 Å². The van der Waals surface area contributed by atoms with Crippen LogP contribution >= 0.6 is 39.1 Å². The van der Waals surface area contributed by atoms with Crippen LogP contribution in [0, 0.1) is 6.92 Å². The molecule has 1 aliphatic heterocycles. The fourth-order valence-corrected chi connectivity index (χ4v) is 6.18. The van der Waals surface area contributed by atoms with E-state index in [1.165, 1.54) is 0 Å². The van der Waals surface area contributed by atoms with E-state index >= 15 is 0 Å². The summed E-state index contributed by atoms with van der Waals surface area (Å²) < 4.78 is 3.85. The van der Waals surface area contributed by atoms with E-state index in [1.807, 2.05) is 12.2 Å². The number of hydrogen-bond acceptors (Lipinski definition) is 2. The third-order valence-corrected chi connectivity index (χ3v) is 7.46. The molecule has 1 N–H and O–H groups in total. The molecule has 2 aromatic rings. The number of rotatable bonds is 3. The molecular weight excluding hydrogens is 470 g/mol. The van der Waals surface area contributed by atoms with Gasteiger partial charge < -0.3 is 0 Å². The molecule has 3 rings (SSSR count). The quantitative estimate of drug-likeness (QED) is 0.677. The van der Waals surface area contributed by atoms with Crippen molar-refractivity contribution in [3.05, 3.63) is 60.7 Å². The second kappa shape index (κ2) is 6.46. The summed E-state index contributed by atoms with van der Waals surface area (Å²) in [6, 6.07) is 5.06. The zero-order valence-electron chi connectivity index (χ0n) is 11.8. The molecule has 0 aliphatic carbocycles. The summed E-state index contributed by atoms with van der Waals surface area (Å²) >= 11 is 15.2. The SMILES string of the molecule is Cc1c(C(=O)O)nn(-c2ccc(Cl)cc2Cl)c1C1=CC=C(Br)[SeH2]1. The van der Waals surface area contributed by atoms with E-state index in [0.29, 0.717) is 21.3 Å². The van der Waals surface area contributed by atoms with Crippen LogP contribution in [0.25, 0.3) is 10.2 Å². The Balaban J connectivity index is 2.23. The van der Waals surface area contributed by atoms with E-state index in [1.54, 1.807) is 29.8 Å². The monoisotopic (exact) mass is 480 g/mol. The maximum atomic E-state index is 11.5. The predicted octanol–water partition coefficient (Wildman–Crippen LogP) is 3.95. The van der Waals surface area contributed by atoms with E-state index < -0.39 is 20.9 Å². The minimum atomic E-state index is -1.06. The van der Waals surface area contributed by atoms with Crippen molar-refractivity contribution in [3.63, 3.8) is 0 Å². The zero-order valence-corrected chi connectivity index (χ0v) is 17.0. The Hall–Kier alpha value is -1.04. The van der Waals surface area contributed by atoms with Gasteiger partial charge in [0.15, 0.2) is 0 Å². The summed E-state index contributed by atoms with van der Waals surface area (Å²) in [4.78, 5) is 11.5. The fourth-order valence-electron chi connectivity index (χ4n) is 2.35. The molecule has 0 atom stereocenters. The van der Waals surface area contributed by atoms with Crippen molar-refractivity contribution in [3.8, 4) is 5.69 Å². The maximum absolute atomic E-state index is 11.5. The molecule has 0 bridgehead atoms. The van der Waals surface area contributed by atoms with Gasteiger partial charge in [-0.3, -0.25) is 0 Å². The molecule has 1 aliphatic rings. The number of carboxylic acid groups (broad SMARTS) is 1. The van der Waals surface area contributed by atoms with Gasteiger partial charge in [0.1, 0.15) is 0 Å². The Morgan fingerprint density at radius 2 is 2.09 bits per heavy atom. The number of allylic oxidation sites excluding steroid dienone is 2. The molecule has 0 saturated heterocycles. The molecule has 4 nitrogen and oxygen atoms in total. The molecule has 1 aromatic carbocycles. The minimum absolute atomic E-state index is 0.0292. The summed E-state index contributed by atoms with van der Waals surface area (Å²) in [6.07, 6.45) is 4.00. The van der Waals surface area contributed by atoms with Gasteiger partial charge in [-0.05, 0) is 0 Å². The second-order valence-electron chi connectivity index (χ2n) is 4.85. The molecule has 0 radical (unpaired) electrons. The van der Waals surface area contributed by atoms with Crippen molar-refractivity contribution in [1.29, 1.82) is 0 Å². The van der Waals surface area contributed by atoms with E-state index in [0.717, 1.165) is 13.5 Å². The van der Waals surface area contributed by atoms with Crippen LogP contribution in [0.3, 0.4) is 0 Å². The van der Waals surface area contributed by atoms with Gasteiger partial charge >= 0.3 is 158 Å². The number of carbonyl (C=O) groups is 1. The first kappa shape index (κ1) is 16.8. The first-order valence-electron chi connectivity index (χ1n) is 6.51. The van der Waals surface area contributed by atoms with Crippen LogP contribution in [0.15, 0.2) is 33.7 Å². The van der Waals surface area contributed by atoms with Crippen molar-refractivity contribution < 1.29 is 9.90 Å². The van der Waals surface area contributed by atoms with Gasteiger partial charge in [-0.1, -0.05) is 0 Å². The van der Waals surface area contributed by atoms with Crippen LogP contribution < -0.4 is 0 Å². The first-order valence-corrected chi connectivity index (χ1v) is 10.2. The molecule has 2 heterocycles. The molecule has 0 saturated carbocycles.